The van der Waals surface area contributed by atoms with E-state index >= 15 is 0 Å². The molecule has 0 radical (unpaired) electrons. The maximum absolute atomic E-state index is 12.4. The standard InChI is InChI=1S/C13H19N7O/c1-2-18-10-12(16-17-18)15-13(21)20-8-3-5-11(20)9-19-7-4-6-14-19/h4,6-7,10-11H,2-3,5,8-9H2,1H3,(H,15,21)/t11-/m0/s1. The summed E-state index contributed by atoms with van der Waals surface area (Å²) in [5.74, 6) is 0.492. The molecule has 1 fully saturated rings. The van der Waals surface area contributed by atoms with Crippen molar-refractivity contribution in [1.82, 2.24) is 29.7 Å². The Hall–Kier alpha value is -2.38. The largest absolute Gasteiger partial charge is 0.323 e. The Morgan fingerprint density at radius 3 is 3.10 bits per heavy atom. The van der Waals surface area contributed by atoms with Crippen molar-refractivity contribution >= 4 is 11.8 Å². The lowest BCUT2D eigenvalue weighted by Crippen LogP contribution is -2.40. The molecule has 1 saturated heterocycles. The third-order valence-corrected chi connectivity index (χ3v) is 3.69. The molecule has 1 aliphatic rings. The van der Waals surface area contributed by atoms with E-state index in [0.717, 1.165) is 32.5 Å². The van der Waals surface area contributed by atoms with Gasteiger partial charge in [-0.3, -0.25) is 14.7 Å². The fourth-order valence-corrected chi connectivity index (χ4v) is 2.61. The number of amides is 2. The van der Waals surface area contributed by atoms with Crippen molar-refractivity contribution in [1.29, 1.82) is 0 Å². The van der Waals surface area contributed by atoms with E-state index in [-0.39, 0.29) is 12.1 Å². The molecule has 21 heavy (non-hydrogen) atoms. The molecule has 1 atom stereocenters. The molecule has 0 bridgehead atoms. The number of anilines is 1. The maximum Gasteiger partial charge on any atom is 0.323 e. The van der Waals surface area contributed by atoms with Gasteiger partial charge in [0.1, 0.15) is 0 Å². The fourth-order valence-electron chi connectivity index (χ4n) is 2.61. The minimum Gasteiger partial charge on any atom is -0.320 e. The monoisotopic (exact) mass is 289 g/mol. The van der Waals surface area contributed by atoms with Gasteiger partial charge in [0.15, 0.2) is 5.82 Å². The van der Waals surface area contributed by atoms with Gasteiger partial charge in [-0.05, 0) is 25.8 Å². The van der Waals surface area contributed by atoms with Crippen LogP contribution in [0.1, 0.15) is 19.8 Å². The molecule has 0 saturated carbocycles. The van der Waals surface area contributed by atoms with Gasteiger partial charge in [-0.15, -0.1) is 5.10 Å². The highest BCUT2D eigenvalue weighted by Gasteiger charge is 2.29. The highest BCUT2D eigenvalue weighted by Crippen LogP contribution is 2.19. The third-order valence-electron chi connectivity index (χ3n) is 3.69. The highest BCUT2D eigenvalue weighted by molar-refractivity contribution is 5.88. The number of likely N-dealkylation sites (tertiary alicyclic amines) is 1. The summed E-state index contributed by atoms with van der Waals surface area (Å²) >= 11 is 0. The van der Waals surface area contributed by atoms with Crippen LogP contribution in [0.15, 0.2) is 24.7 Å². The number of hydrogen-bond acceptors (Lipinski definition) is 4. The highest BCUT2D eigenvalue weighted by atomic mass is 16.2. The number of aromatic nitrogens is 5. The molecule has 8 heteroatoms. The molecule has 2 aromatic heterocycles. The number of carbonyl (C=O) groups is 1. The van der Waals surface area contributed by atoms with E-state index in [1.165, 1.54) is 0 Å². The van der Waals surface area contributed by atoms with E-state index in [0.29, 0.717) is 5.82 Å². The van der Waals surface area contributed by atoms with Gasteiger partial charge in [-0.1, -0.05) is 5.21 Å². The lowest BCUT2D eigenvalue weighted by molar-refractivity contribution is 0.199. The topological polar surface area (TPSA) is 80.9 Å². The van der Waals surface area contributed by atoms with Crippen molar-refractivity contribution < 1.29 is 4.79 Å². The Bertz CT molecular complexity index is 591. The zero-order valence-corrected chi connectivity index (χ0v) is 12.0. The average Bonchev–Trinajstić information content (AvgIpc) is 3.20. The van der Waals surface area contributed by atoms with E-state index in [1.807, 2.05) is 28.8 Å². The Balaban J connectivity index is 1.62. The summed E-state index contributed by atoms with van der Waals surface area (Å²) in [7, 11) is 0. The van der Waals surface area contributed by atoms with Crippen LogP contribution in [0, 0.1) is 0 Å². The van der Waals surface area contributed by atoms with Crippen LogP contribution in [0.3, 0.4) is 0 Å². The van der Waals surface area contributed by atoms with Crippen LogP contribution < -0.4 is 5.32 Å². The van der Waals surface area contributed by atoms with Gasteiger partial charge in [-0.2, -0.15) is 5.10 Å². The second-order valence-electron chi connectivity index (χ2n) is 5.11. The molecule has 0 spiro atoms. The van der Waals surface area contributed by atoms with Crippen molar-refractivity contribution in [3.63, 3.8) is 0 Å². The summed E-state index contributed by atoms with van der Waals surface area (Å²) in [6.07, 6.45) is 7.41. The quantitative estimate of drug-likeness (QED) is 0.916. The van der Waals surface area contributed by atoms with Crippen LogP contribution in [-0.4, -0.2) is 48.3 Å². The van der Waals surface area contributed by atoms with Gasteiger partial charge in [0.05, 0.1) is 18.8 Å². The normalized spacial score (nSPS) is 18.1. The van der Waals surface area contributed by atoms with Crippen LogP contribution in [-0.2, 0) is 13.1 Å². The second-order valence-corrected chi connectivity index (χ2v) is 5.11. The van der Waals surface area contributed by atoms with E-state index in [2.05, 4.69) is 20.7 Å². The van der Waals surface area contributed by atoms with Crippen LogP contribution >= 0.6 is 0 Å². The Labute approximate surface area is 122 Å². The average molecular weight is 289 g/mol. The van der Waals surface area contributed by atoms with Crippen molar-refractivity contribution in [3.8, 4) is 0 Å². The van der Waals surface area contributed by atoms with E-state index in [9.17, 15) is 4.79 Å². The van der Waals surface area contributed by atoms with E-state index < -0.39 is 0 Å². The zero-order valence-electron chi connectivity index (χ0n) is 12.0. The molecule has 1 aliphatic heterocycles. The SMILES string of the molecule is CCn1cc(NC(=O)N2CCC[C@H]2Cn2cccn2)nn1. The molecule has 1 N–H and O–H groups in total. The van der Waals surface area contributed by atoms with Crippen LogP contribution in [0.2, 0.25) is 0 Å². The summed E-state index contributed by atoms with van der Waals surface area (Å²) in [4.78, 5) is 14.2. The van der Waals surface area contributed by atoms with Gasteiger partial charge in [0, 0.05) is 25.5 Å². The molecule has 0 unspecified atom stereocenters. The molecule has 3 heterocycles. The summed E-state index contributed by atoms with van der Waals surface area (Å²) < 4.78 is 3.55. The molecular weight excluding hydrogens is 270 g/mol. The summed E-state index contributed by atoms with van der Waals surface area (Å²) in [6, 6.07) is 1.95. The Kier molecular flexibility index (Phi) is 3.85. The van der Waals surface area contributed by atoms with Crippen molar-refractivity contribution in [2.24, 2.45) is 0 Å². The first kappa shape index (κ1) is 13.6. The first-order valence-electron chi connectivity index (χ1n) is 7.21. The number of nitrogens with zero attached hydrogens (tertiary/aromatic N) is 6. The summed E-state index contributed by atoms with van der Waals surface area (Å²) in [6.45, 7) is 4.19. The first-order valence-corrected chi connectivity index (χ1v) is 7.21. The van der Waals surface area contributed by atoms with Crippen molar-refractivity contribution in [3.05, 3.63) is 24.7 Å². The van der Waals surface area contributed by atoms with E-state index in [1.54, 1.807) is 17.1 Å². The minimum absolute atomic E-state index is 0.118. The lowest BCUT2D eigenvalue weighted by atomic mass is 10.2. The number of nitrogens with one attached hydrogen (secondary N) is 1. The van der Waals surface area contributed by atoms with Gasteiger partial charge >= 0.3 is 6.03 Å². The van der Waals surface area contributed by atoms with Crippen molar-refractivity contribution in [2.75, 3.05) is 11.9 Å². The second kappa shape index (κ2) is 5.94. The first-order chi connectivity index (χ1) is 10.3. The molecule has 2 aromatic rings. The molecule has 8 nitrogen and oxygen atoms in total. The minimum atomic E-state index is -0.118. The van der Waals surface area contributed by atoms with Gasteiger partial charge in [0.25, 0.3) is 0 Å². The molecule has 0 aromatic carbocycles. The fraction of sp³-hybridized carbons (Fsp3) is 0.538. The zero-order chi connectivity index (χ0) is 14.7. The van der Waals surface area contributed by atoms with Gasteiger partial charge < -0.3 is 4.90 Å². The number of hydrogen-bond donors (Lipinski definition) is 1. The molecule has 0 aliphatic carbocycles. The van der Waals surface area contributed by atoms with Gasteiger partial charge in [-0.25, -0.2) is 4.79 Å². The molecule has 2 amide bonds. The lowest BCUT2D eigenvalue weighted by Gasteiger charge is -2.24. The smallest absolute Gasteiger partial charge is 0.320 e. The molecule has 3 rings (SSSR count). The van der Waals surface area contributed by atoms with Crippen LogP contribution in [0.25, 0.3) is 0 Å². The Morgan fingerprint density at radius 1 is 1.48 bits per heavy atom. The molecule has 112 valence electrons. The maximum atomic E-state index is 12.4. The molecular formula is C13H19N7O. The number of rotatable bonds is 4. The summed E-state index contributed by atoms with van der Waals surface area (Å²) in [5, 5.41) is 14.9. The number of aryl methyl sites for hydroxylation is 1. The van der Waals surface area contributed by atoms with E-state index in [4.69, 9.17) is 0 Å². The number of carbonyl (C=O) groups excluding carboxylic acids is 1. The summed E-state index contributed by atoms with van der Waals surface area (Å²) in [5.41, 5.74) is 0. The third kappa shape index (κ3) is 3.04. The predicted octanol–water partition coefficient (Wildman–Crippen LogP) is 1.19. The van der Waals surface area contributed by atoms with Crippen molar-refractivity contribution in [2.45, 2.75) is 38.9 Å². The Morgan fingerprint density at radius 2 is 2.38 bits per heavy atom. The number of urea groups is 1. The predicted molar refractivity (Wildman–Crippen MR) is 76.7 cm³/mol. The van der Waals surface area contributed by atoms with Gasteiger partial charge in [0.2, 0.25) is 0 Å². The van der Waals surface area contributed by atoms with Crippen LogP contribution in [0.4, 0.5) is 10.6 Å². The van der Waals surface area contributed by atoms with Crippen LogP contribution in [0.5, 0.6) is 0 Å².